The molecular weight excluding hydrogens is 411 g/mol. The third-order valence-electron chi connectivity index (χ3n) is 3.58. The summed E-state index contributed by atoms with van der Waals surface area (Å²) in [7, 11) is -3.55. The number of rotatable bonds is 8. The number of halogens is 2. The van der Waals surface area contributed by atoms with Crippen molar-refractivity contribution in [3.63, 3.8) is 0 Å². The van der Waals surface area contributed by atoms with Crippen LogP contribution < -0.4 is 14.8 Å². The number of amides is 1. The minimum atomic E-state index is -3.55. The van der Waals surface area contributed by atoms with Crippen LogP contribution in [0.3, 0.4) is 0 Å². The summed E-state index contributed by atoms with van der Waals surface area (Å²) in [6, 6.07) is 9.37. The highest BCUT2D eigenvalue weighted by molar-refractivity contribution is 7.89. The summed E-state index contributed by atoms with van der Waals surface area (Å²) in [5.74, 6) is -0.00309. The van der Waals surface area contributed by atoms with Crippen LogP contribution in [0.4, 0.5) is 5.69 Å². The van der Waals surface area contributed by atoms with Crippen molar-refractivity contribution in [3.8, 4) is 5.75 Å². The summed E-state index contributed by atoms with van der Waals surface area (Å²) in [5.41, 5.74) is 0.987. The minimum Gasteiger partial charge on any atom is -0.483 e. The van der Waals surface area contributed by atoms with Crippen LogP contribution in [0.15, 0.2) is 41.3 Å². The van der Waals surface area contributed by atoms with Gasteiger partial charge in [0, 0.05) is 6.54 Å². The molecule has 0 atom stereocenters. The molecule has 0 aliphatic carbocycles. The second-order valence-corrected chi connectivity index (χ2v) is 8.32. The van der Waals surface area contributed by atoms with Gasteiger partial charge in [-0.2, -0.15) is 0 Å². The summed E-state index contributed by atoms with van der Waals surface area (Å²) >= 11 is 11.9. The van der Waals surface area contributed by atoms with E-state index in [4.69, 9.17) is 27.9 Å². The van der Waals surface area contributed by atoms with Crippen LogP contribution in [0.25, 0.3) is 0 Å². The first kappa shape index (κ1) is 21.5. The van der Waals surface area contributed by atoms with Crippen LogP contribution in [0.5, 0.6) is 5.75 Å². The van der Waals surface area contributed by atoms with E-state index in [1.807, 2.05) is 6.92 Å². The molecule has 6 nitrogen and oxygen atoms in total. The van der Waals surface area contributed by atoms with E-state index < -0.39 is 15.9 Å². The van der Waals surface area contributed by atoms with Gasteiger partial charge in [0.1, 0.15) is 5.75 Å². The van der Waals surface area contributed by atoms with Gasteiger partial charge in [-0.3, -0.25) is 4.79 Å². The van der Waals surface area contributed by atoms with Crippen molar-refractivity contribution in [1.29, 1.82) is 0 Å². The number of hydrogen-bond acceptors (Lipinski definition) is 4. The number of carbonyl (C=O) groups excluding carboxylic acids is 1. The second-order valence-electron chi connectivity index (χ2n) is 5.76. The van der Waals surface area contributed by atoms with Gasteiger partial charge in [0.15, 0.2) is 6.61 Å². The highest BCUT2D eigenvalue weighted by atomic mass is 35.5. The molecule has 1 amide bonds. The molecule has 27 heavy (non-hydrogen) atoms. The van der Waals surface area contributed by atoms with Crippen LogP contribution in [0.1, 0.15) is 18.9 Å². The Morgan fingerprint density at radius 1 is 1.19 bits per heavy atom. The quantitative estimate of drug-likeness (QED) is 0.662. The zero-order valence-electron chi connectivity index (χ0n) is 14.9. The third kappa shape index (κ3) is 5.84. The van der Waals surface area contributed by atoms with E-state index in [-0.39, 0.29) is 16.5 Å². The second kappa shape index (κ2) is 9.41. The molecule has 2 N–H and O–H groups in total. The maximum Gasteiger partial charge on any atom is 0.262 e. The highest BCUT2D eigenvalue weighted by Crippen LogP contribution is 2.29. The molecule has 0 aromatic heterocycles. The summed E-state index contributed by atoms with van der Waals surface area (Å²) < 4.78 is 32.3. The maximum atomic E-state index is 12.1. The fourth-order valence-electron chi connectivity index (χ4n) is 2.20. The lowest BCUT2D eigenvalue weighted by Gasteiger charge is -2.12. The van der Waals surface area contributed by atoms with Gasteiger partial charge >= 0.3 is 0 Å². The Kier molecular flexibility index (Phi) is 7.49. The molecule has 9 heteroatoms. The van der Waals surface area contributed by atoms with Crippen LogP contribution in [-0.2, 0) is 14.8 Å². The maximum absolute atomic E-state index is 12.1. The first-order valence-electron chi connectivity index (χ1n) is 8.21. The Balaban J connectivity index is 2.01. The molecule has 0 fully saturated rings. The average molecular weight is 431 g/mol. The molecule has 0 aliphatic rings. The monoisotopic (exact) mass is 430 g/mol. The lowest BCUT2D eigenvalue weighted by atomic mass is 10.2. The number of aryl methyl sites for hydroxylation is 1. The number of carbonyl (C=O) groups is 1. The SMILES string of the molecule is CCCNS(=O)(=O)c1ccc(OCC(=O)Nc2cccc(Cl)c2Cl)c(C)c1. The van der Waals surface area contributed by atoms with E-state index in [0.29, 0.717) is 35.0 Å². The Bertz CT molecular complexity index is 933. The van der Waals surface area contributed by atoms with Gasteiger partial charge in [-0.05, 0) is 49.2 Å². The van der Waals surface area contributed by atoms with E-state index >= 15 is 0 Å². The van der Waals surface area contributed by atoms with Gasteiger partial charge in [0.25, 0.3) is 5.91 Å². The van der Waals surface area contributed by atoms with Crippen molar-refractivity contribution in [2.45, 2.75) is 25.2 Å². The van der Waals surface area contributed by atoms with Gasteiger partial charge in [0.05, 0.1) is 20.6 Å². The molecule has 2 aromatic rings. The fraction of sp³-hybridized carbons (Fsp3) is 0.278. The predicted molar refractivity (Wildman–Crippen MR) is 107 cm³/mol. The van der Waals surface area contributed by atoms with Gasteiger partial charge < -0.3 is 10.1 Å². The van der Waals surface area contributed by atoms with Crippen molar-refractivity contribution in [1.82, 2.24) is 4.72 Å². The summed E-state index contributed by atoms with van der Waals surface area (Å²) in [4.78, 5) is 12.2. The molecule has 0 radical (unpaired) electrons. The molecule has 2 aromatic carbocycles. The normalized spacial score (nSPS) is 11.3. The number of nitrogens with one attached hydrogen (secondary N) is 2. The van der Waals surface area contributed by atoms with Crippen molar-refractivity contribution in [2.24, 2.45) is 0 Å². The van der Waals surface area contributed by atoms with Crippen molar-refractivity contribution >= 4 is 44.8 Å². The van der Waals surface area contributed by atoms with Crippen molar-refractivity contribution in [3.05, 3.63) is 52.0 Å². The Labute approximate surface area is 168 Å². The van der Waals surface area contributed by atoms with E-state index in [9.17, 15) is 13.2 Å². The number of anilines is 1. The molecule has 0 heterocycles. The molecule has 0 saturated heterocycles. The zero-order chi connectivity index (χ0) is 20.0. The molecule has 146 valence electrons. The first-order valence-corrected chi connectivity index (χ1v) is 10.5. The summed E-state index contributed by atoms with van der Waals surface area (Å²) in [6.07, 6.45) is 0.700. The number of ether oxygens (including phenoxy) is 1. The first-order chi connectivity index (χ1) is 12.7. The van der Waals surface area contributed by atoms with Crippen molar-refractivity contribution in [2.75, 3.05) is 18.5 Å². The van der Waals surface area contributed by atoms with Crippen LogP contribution in [-0.4, -0.2) is 27.5 Å². The number of hydrogen-bond donors (Lipinski definition) is 2. The highest BCUT2D eigenvalue weighted by Gasteiger charge is 2.15. The molecule has 2 rings (SSSR count). The average Bonchev–Trinajstić information content (AvgIpc) is 2.62. The Morgan fingerprint density at radius 3 is 2.59 bits per heavy atom. The van der Waals surface area contributed by atoms with E-state index in [2.05, 4.69) is 10.0 Å². The molecule has 0 spiro atoms. The van der Waals surface area contributed by atoms with E-state index in [0.717, 1.165) is 0 Å². The minimum absolute atomic E-state index is 0.149. The number of sulfonamides is 1. The van der Waals surface area contributed by atoms with Crippen LogP contribution in [0, 0.1) is 6.92 Å². The Hall–Kier alpha value is -1.80. The van der Waals surface area contributed by atoms with Crippen LogP contribution in [0.2, 0.25) is 10.0 Å². The largest absolute Gasteiger partial charge is 0.483 e. The molecule has 0 saturated carbocycles. The molecular formula is C18H20Cl2N2O4S. The lowest BCUT2D eigenvalue weighted by molar-refractivity contribution is -0.118. The summed E-state index contributed by atoms with van der Waals surface area (Å²) in [5, 5.41) is 3.19. The van der Waals surface area contributed by atoms with Crippen LogP contribution >= 0.6 is 23.2 Å². The van der Waals surface area contributed by atoms with Gasteiger partial charge in [-0.15, -0.1) is 0 Å². The van der Waals surface area contributed by atoms with Gasteiger partial charge in [0.2, 0.25) is 10.0 Å². The Morgan fingerprint density at radius 2 is 1.93 bits per heavy atom. The molecule has 0 bridgehead atoms. The topological polar surface area (TPSA) is 84.5 Å². The van der Waals surface area contributed by atoms with E-state index in [1.54, 1.807) is 25.1 Å². The molecule has 0 unspecified atom stereocenters. The fourth-order valence-corrected chi connectivity index (χ4v) is 3.77. The summed E-state index contributed by atoms with van der Waals surface area (Å²) in [6.45, 7) is 3.70. The standard InChI is InChI=1S/C18H20Cl2N2O4S/c1-3-9-21-27(24,25)13-7-8-16(12(2)10-13)26-11-17(23)22-15-6-4-5-14(19)18(15)20/h4-8,10,21H,3,9,11H2,1-2H3,(H,22,23). The lowest BCUT2D eigenvalue weighted by Crippen LogP contribution is -2.24. The van der Waals surface area contributed by atoms with Gasteiger partial charge in [-0.25, -0.2) is 13.1 Å². The molecule has 0 aliphatic heterocycles. The van der Waals surface area contributed by atoms with E-state index in [1.165, 1.54) is 18.2 Å². The smallest absolute Gasteiger partial charge is 0.262 e. The zero-order valence-corrected chi connectivity index (χ0v) is 17.2. The predicted octanol–water partition coefficient (Wildman–Crippen LogP) is 4.01. The van der Waals surface area contributed by atoms with Gasteiger partial charge in [-0.1, -0.05) is 36.2 Å². The third-order valence-corrected chi connectivity index (χ3v) is 5.86. The number of benzene rings is 2. The van der Waals surface area contributed by atoms with Crippen molar-refractivity contribution < 1.29 is 17.9 Å².